The summed E-state index contributed by atoms with van der Waals surface area (Å²) < 4.78 is 19.1. The molecule has 96 valence electrons. The summed E-state index contributed by atoms with van der Waals surface area (Å²) >= 11 is 0. The van der Waals surface area contributed by atoms with Crippen molar-refractivity contribution in [3.05, 3.63) is 29.6 Å². The Hall–Kier alpha value is -1.38. The zero-order valence-corrected chi connectivity index (χ0v) is 10.5. The number of hydrogen-bond acceptors (Lipinski definition) is 2. The van der Waals surface area contributed by atoms with Crippen LogP contribution >= 0.6 is 0 Å². The first-order valence-electron chi connectivity index (χ1n) is 6.58. The third-order valence-corrected chi connectivity index (χ3v) is 4.46. The van der Waals surface area contributed by atoms with Gasteiger partial charge in [0.15, 0.2) is 0 Å². The van der Waals surface area contributed by atoms with Crippen molar-refractivity contribution in [3.8, 4) is 5.75 Å². The van der Waals surface area contributed by atoms with Gasteiger partial charge in [-0.2, -0.15) is 0 Å². The van der Waals surface area contributed by atoms with Gasteiger partial charge >= 0.3 is 0 Å². The first-order valence-corrected chi connectivity index (χ1v) is 6.58. The first kappa shape index (κ1) is 11.7. The van der Waals surface area contributed by atoms with Crippen molar-refractivity contribution in [1.82, 2.24) is 0 Å². The average molecular weight is 248 g/mol. The molecule has 2 fully saturated rings. The second kappa shape index (κ2) is 4.08. The van der Waals surface area contributed by atoms with E-state index in [-0.39, 0.29) is 17.3 Å². The Morgan fingerprint density at radius 2 is 2.06 bits per heavy atom. The van der Waals surface area contributed by atoms with Crippen LogP contribution in [0.15, 0.2) is 18.2 Å². The summed E-state index contributed by atoms with van der Waals surface area (Å²) in [6.07, 6.45) is 4.51. The third kappa shape index (κ3) is 1.64. The Kier molecular flexibility index (Phi) is 2.65. The predicted octanol–water partition coefficient (Wildman–Crippen LogP) is 3.41. The number of ether oxygens (including phenoxy) is 1. The highest BCUT2D eigenvalue weighted by Crippen LogP contribution is 2.52. The minimum Gasteiger partial charge on any atom is -0.489 e. The van der Waals surface area contributed by atoms with Crippen molar-refractivity contribution in [3.63, 3.8) is 0 Å². The number of hydrogen-bond donors (Lipinski definition) is 0. The van der Waals surface area contributed by atoms with Crippen LogP contribution in [0.5, 0.6) is 5.75 Å². The summed E-state index contributed by atoms with van der Waals surface area (Å²) in [5, 5.41) is 0. The molecule has 0 aromatic heterocycles. The molecule has 2 saturated carbocycles. The summed E-state index contributed by atoms with van der Waals surface area (Å²) in [5.74, 6) is 0.625. The van der Waals surface area contributed by atoms with Crippen LogP contribution in [-0.4, -0.2) is 11.9 Å². The fraction of sp³-hybridized carbons (Fsp3) is 0.533. The van der Waals surface area contributed by atoms with E-state index < -0.39 is 0 Å². The van der Waals surface area contributed by atoms with E-state index in [0.29, 0.717) is 18.0 Å². The van der Waals surface area contributed by atoms with Crippen molar-refractivity contribution in [2.45, 2.75) is 45.1 Å². The van der Waals surface area contributed by atoms with E-state index in [1.54, 1.807) is 6.07 Å². The molecule has 0 N–H and O–H groups in total. The second-order valence-electron chi connectivity index (χ2n) is 5.51. The van der Waals surface area contributed by atoms with Gasteiger partial charge in [-0.3, -0.25) is 4.79 Å². The molecule has 0 heterocycles. The highest BCUT2D eigenvalue weighted by Gasteiger charge is 2.57. The van der Waals surface area contributed by atoms with Crippen LogP contribution in [0.4, 0.5) is 4.39 Å². The number of benzene rings is 1. The molecule has 1 spiro atoms. The number of rotatable bonds is 2. The van der Waals surface area contributed by atoms with Crippen LogP contribution in [0.25, 0.3) is 0 Å². The van der Waals surface area contributed by atoms with Gasteiger partial charge in [-0.25, -0.2) is 4.39 Å². The van der Waals surface area contributed by atoms with Crippen LogP contribution in [-0.2, 0) is 4.79 Å². The molecule has 1 aromatic rings. The molecule has 2 nitrogen and oxygen atoms in total. The Labute approximate surface area is 106 Å². The molecule has 1 atom stereocenters. The monoisotopic (exact) mass is 248 g/mol. The van der Waals surface area contributed by atoms with E-state index in [4.69, 9.17) is 4.74 Å². The van der Waals surface area contributed by atoms with Crippen LogP contribution in [0.2, 0.25) is 0 Å². The van der Waals surface area contributed by atoms with Gasteiger partial charge in [0.25, 0.3) is 0 Å². The second-order valence-corrected chi connectivity index (χ2v) is 5.51. The smallest absolute Gasteiger partial charge is 0.146 e. The molecule has 2 aliphatic carbocycles. The lowest BCUT2D eigenvalue weighted by Crippen LogP contribution is -2.55. The summed E-state index contributed by atoms with van der Waals surface area (Å²) in [4.78, 5) is 11.9. The van der Waals surface area contributed by atoms with Gasteiger partial charge in [0.2, 0.25) is 0 Å². The molecule has 0 radical (unpaired) electrons. The summed E-state index contributed by atoms with van der Waals surface area (Å²) in [6, 6.07) is 4.56. The van der Waals surface area contributed by atoms with E-state index in [1.165, 1.54) is 12.1 Å². The van der Waals surface area contributed by atoms with Gasteiger partial charge in [-0.1, -0.05) is 18.9 Å². The fourth-order valence-corrected chi connectivity index (χ4v) is 3.23. The number of halogens is 1. The minimum absolute atomic E-state index is 0.0481. The van der Waals surface area contributed by atoms with E-state index in [9.17, 15) is 9.18 Å². The first-order chi connectivity index (χ1) is 8.62. The normalized spacial score (nSPS) is 25.2. The molecule has 0 amide bonds. The topological polar surface area (TPSA) is 26.3 Å². The molecular weight excluding hydrogens is 231 g/mol. The van der Waals surface area contributed by atoms with Crippen molar-refractivity contribution in [2.24, 2.45) is 5.41 Å². The molecule has 1 aromatic carbocycles. The average Bonchev–Trinajstić information content (AvgIpc) is 2.85. The van der Waals surface area contributed by atoms with Crippen molar-refractivity contribution >= 4 is 5.78 Å². The molecule has 0 aliphatic heterocycles. The molecule has 3 rings (SSSR count). The van der Waals surface area contributed by atoms with Crippen molar-refractivity contribution in [1.29, 1.82) is 0 Å². The lowest BCUT2D eigenvalue weighted by atomic mass is 9.63. The van der Waals surface area contributed by atoms with Gasteiger partial charge in [0, 0.05) is 12.5 Å². The van der Waals surface area contributed by atoms with Crippen LogP contribution < -0.4 is 4.74 Å². The fourth-order valence-electron chi connectivity index (χ4n) is 3.23. The molecule has 0 bridgehead atoms. The zero-order valence-electron chi connectivity index (χ0n) is 10.5. The quantitative estimate of drug-likeness (QED) is 0.801. The maximum atomic E-state index is 13.2. The van der Waals surface area contributed by atoms with Crippen molar-refractivity contribution in [2.75, 3.05) is 0 Å². The van der Waals surface area contributed by atoms with Gasteiger partial charge in [-0.15, -0.1) is 0 Å². The molecular formula is C15H17FO2. The molecule has 3 heteroatoms. The number of carbonyl (C=O) groups excluding carboxylic acids is 1. The Morgan fingerprint density at radius 1 is 1.33 bits per heavy atom. The van der Waals surface area contributed by atoms with Crippen LogP contribution in [0.1, 0.15) is 37.7 Å². The Balaban J connectivity index is 1.81. The minimum atomic E-state index is -0.290. The summed E-state index contributed by atoms with van der Waals surface area (Å²) in [5.41, 5.74) is 0.669. The third-order valence-electron chi connectivity index (χ3n) is 4.46. The molecule has 2 aliphatic rings. The number of Topliss-reactive ketones (excluding diaryl/α,β-unsaturated/α-hetero) is 1. The van der Waals surface area contributed by atoms with Crippen molar-refractivity contribution < 1.29 is 13.9 Å². The molecule has 0 saturated heterocycles. The van der Waals surface area contributed by atoms with Crippen LogP contribution in [0.3, 0.4) is 0 Å². The van der Waals surface area contributed by atoms with Gasteiger partial charge in [0.05, 0.1) is 5.41 Å². The number of ketones is 1. The Morgan fingerprint density at radius 3 is 2.72 bits per heavy atom. The lowest BCUT2D eigenvalue weighted by Gasteiger charge is -2.44. The number of carbonyl (C=O) groups is 1. The summed E-state index contributed by atoms with van der Waals surface area (Å²) in [6.45, 7) is 1.90. The van der Waals surface area contributed by atoms with E-state index in [0.717, 1.165) is 31.2 Å². The SMILES string of the molecule is Cc1ccc(F)cc1OC1CC(=O)C12CCCC2. The maximum Gasteiger partial charge on any atom is 0.146 e. The zero-order chi connectivity index (χ0) is 12.8. The van der Waals surface area contributed by atoms with E-state index in [1.807, 2.05) is 6.92 Å². The standard InChI is InChI=1S/C15H17FO2/c1-10-4-5-11(16)8-12(10)18-14-9-13(17)15(14)6-2-3-7-15/h4-5,8,14H,2-3,6-7,9H2,1H3. The highest BCUT2D eigenvalue weighted by molar-refractivity contribution is 5.92. The Bertz CT molecular complexity index is 489. The molecule has 18 heavy (non-hydrogen) atoms. The largest absolute Gasteiger partial charge is 0.489 e. The number of aryl methyl sites for hydroxylation is 1. The predicted molar refractivity (Wildman–Crippen MR) is 66.1 cm³/mol. The maximum absolute atomic E-state index is 13.2. The van der Waals surface area contributed by atoms with Gasteiger partial charge in [0.1, 0.15) is 23.5 Å². The highest BCUT2D eigenvalue weighted by atomic mass is 19.1. The lowest BCUT2D eigenvalue weighted by molar-refractivity contribution is -0.151. The van der Waals surface area contributed by atoms with Crippen LogP contribution in [0, 0.1) is 18.2 Å². The molecule has 1 unspecified atom stereocenters. The van der Waals surface area contributed by atoms with E-state index >= 15 is 0 Å². The van der Waals surface area contributed by atoms with Gasteiger partial charge < -0.3 is 4.74 Å². The van der Waals surface area contributed by atoms with E-state index in [2.05, 4.69) is 0 Å². The summed E-state index contributed by atoms with van der Waals surface area (Å²) in [7, 11) is 0. The van der Waals surface area contributed by atoms with Gasteiger partial charge in [-0.05, 0) is 31.4 Å².